The van der Waals surface area contributed by atoms with Gasteiger partial charge in [-0.25, -0.2) is 0 Å². The summed E-state index contributed by atoms with van der Waals surface area (Å²) in [7, 11) is 0. The predicted molar refractivity (Wildman–Crippen MR) is 35.0 cm³/mol. The highest BCUT2D eigenvalue weighted by Gasteiger charge is 1.98. The van der Waals surface area contributed by atoms with E-state index in [9.17, 15) is 4.39 Å². The maximum Gasteiger partial charge on any atom is 0.179 e. The van der Waals surface area contributed by atoms with Crippen molar-refractivity contribution in [3.8, 4) is 0 Å². The highest BCUT2D eigenvalue weighted by molar-refractivity contribution is 7.17. The van der Waals surface area contributed by atoms with Crippen LogP contribution in [0.4, 0.5) is 4.39 Å². The normalized spacial score (nSPS) is 10.8. The van der Waals surface area contributed by atoms with Crippen LogP contribution in [0.5, 0.6) is 0 Å². The Morgan fingerprint density at radius 2 is 2.56 bits per heavy atom. The van der Waals surface area contributed by atoms with Crippen LogP contribution >= 0.6 is 11.3 Å². The number of nitrogens with one attached hydrogen (secondary N) is 1. The van der Waals surface area contributed by atoms with Crippen molar-refractivity contribution in [3.63, 3.8) is 0 Å². The van der Waals surface area contributed by atoms with Crippen molar-refractivity contribution in [1.29, 1.82) is 0 Å². The average molecular weight is 140 g/mol. The highest BCUT2D eigenvalue weighted by atomic mass is 32.1. The maximum atomic E-state index is 12.3. The molecule has 2 rings (SSSR count). The van der Waals surface area contributed by atoms with Gasteiger partial charge in [0.15, 0.2) is 5.13 Å². The molecule has 0 aliphatic rings. The number of hydrogen-bond acceptors (Lipinski definition) is 1. The molecule has 0 aliphatic heterocycles. The molecule has 1 nitrogen and oxygen atoms in total. The molecule has 2 heterocycles. The van der Waals surface area contributed by atoms with Crippen molar-refractivity contribution in [2.24, 2.45) is 0 Å². The first kappa shape index (κ1) is 4.99. The van der Waals surface area contributed by atoms with Crippen molar-refractivity contribution < 1.29 is 4.39 Å². The van der Waals surface area contributed by atoms with E-state index in [1.165, 1.54) is 6.07 Å². The smallest absolute Gasteiger partial charge is 0.179 e. The number of fused-ring (bicyclic) bond motifs is 1. The van der Waals surface area contributed by atoms with Gasteiger partial charge in [0.05, 0.1) is 6.20 Å². The lowest BCUT2D eigenvalue weighted by atomic mass is 10.4. The fourth-order valence-electron chi connectivity index (χ4n) is 0.758. The van der Waals surface area contributed by atoms with Crippen LogP contribution in [0.3, 0.4) is 0 Å². The number of H-pyrrole nitrogens is 1. The van der Waals surface area contributed by atoms with E-state index >= 15 is 0 Å². The summed E-state index contributed by atoms with van der Waals surface area (Å²) in [5.74, 6) is 0. The topological polar surface area (TPSA) is 15.8 Å². The van der Waals surface area contributed by atoms with Gasteiger partial charge in [0.1, 0.15) is 4.83 Å². The molecule has 45 valence electrons. The Morgan fingerprint density at radius 1 is 1.67 bits per heavy atom. The van der Waals surface area contributed by atoms with Crippen molar-refractivity contribution >= 4 is 21.6 Å². The first-order valence-corrected chi connectivity index (χ1v) is 3.32. The van der Waals surface area contributed by atoms with Crippen LogP contribution in [-0.4, -0.2) is 4.98 Å². The van der Waals surface area contributed by atoms with E-state index in [-0.39, 0.29) is 5.13 Å². The molecule has 1 N–H and O–H groups in total. The van der Waals surface area contributed by atoms with Crippen molar-refractivity contribution in [2.75, 3.05) is 0 Å². The van der Waals surface area contributed by atoms with Crippen LogP contribution in [0.15, 0.2) is 12.1 Å². The third kappa shape index (κ3) is 0.650. The lowest BCUT2D eigenvalue weighted by Gasteiger charge is -1.67. The standard InChI is InChI=1S/C6H3FNS/c7-5-3-4-1-2-8-6(4)9-5/h1,3,8H. The number of aromatic nitrogens is 1. The Labute approximate surface area is 55.1 Å². The molecule has 2 aromatic heterocycles. The molecule has 0 fully saturated rings. The van der Waals surface area contributed by atoms with E-state index < -0.39 is 0 Å². The van der Waals surface area contributed by atoms with Gasteiger partial charge >= 0.3 is 0 Å². The second-order valence-electron chi connectivity index (χ2n) is 1.75. The molecule has 0 aromatic carbocycles. The fraction of sp³-hybridized carbons (Fsp3) is 0. The molecule has 1 radical (unpaired) electrons. The first-order chi connectivity index (χ1) is 4.36. The average Bonchev–Trinajstić information content (AvgIpc) is 2.22. The number of halogens is 1. The van der Waals surface area contributed by atoms with E-state index in [2.05, 4.69) is 11.2 Å². The summed E-state index contributed by atoms with van der Waals surface area (Å²) in [4.78, 5) is 3.65. The number of hydrogen-bond donors (Lipinski definition) is 1. The fourth-order valence-corrected chi connectivity index (χ4v) is 1.48. The minimum absolute atomic E-state index is 0.148. The Bertz CT molecular complexity index is 294. The molecule has 0 saturated heterocycles. The van der Waals surface area contributed by atoms with Gasteiger partial charge in [0.2, 0.25) is 0 Å². The summed E-state index contributed by atoms with van der Waals surface area (Å²) in [6, 6.07) is 3.22. The minimum Gasteiger partial charge on any atom is -0.345 e. The summed E-state index contributed by atoms with van der Waals surface area (Å²) in [5.41, 5.74) is 0. The van der Waals surface area contributed by atoms with Gasteiger partial charge in [0.25, 0.3) is 0 Å². The molecule has 9 heavy (non-hydrogen) atoms. The molecule has 3 heteroatoms. The van der Waals surface area contributed by atoms with Crippen LogP contribution in [0.25, 0.3) is 10.2 Å². The van der Waals surface area contributed by atoms with Crippen LogP contribution in [-0.2, 0) is 0 Å². The molecule has 0 bridgehead atoms. The van der Waals surface area contributed by atoms with E-state index in [0.717, 1.165) is 21.6 Å². The third-order valence-corrected chi connectivity index (χ3v) is 2.00. The van der Waals surface area contributed by atoms with E-state index in [0.29, 0.717) is 0 Å². The van der Waals surface area contributed by atoms with Gasteiger partial charge in [-0.1, -0.05) is 11.3 Å². The van der Waals surface area contributed by atoms with Crippen molar-refractivity contribution in [1.82, 2.24) is 4.98 Å². The molecule has 0 spiro atoms. The summed E-state index contributed by atoms with van der Waals surface area (Å²) >= 11 is 1.11. The van der Waals surface area contributed by atoms with E-state index in [4.69, 9.17) is 0 Å². The highest BCUT2D eigenvalue weighted by Crippen LogP contribution is 2.21. The molecular weight excluding hydrogens is 137 g/mol. The quantitative estimate of drug-likeness (QED) is 0.577. The lowest BCUT2D eigenvalue weighted by Crippen LogP contribution is -1.50. The minimum atomic E-state index is -0.148. The Kier molecular flexibility index (Phi) is 0.873. The van der Waals surface area contributed by atoms with Crippen LogP contribution < -0.4 is 0 Å². The van der Waals surface area contributed by atoms with E-state index in [1.807, 2.05) is 0 Å². The summed E-state index contributed by atoms with van der Waals surface area (Å²) < 4.78 is 12.3. The number of rotatable bonds is 0. The van der Waals surface area contributed by atoms with E-state index in [1.54, 1.807) is 6.07 Å². The van der Waals surface area contributed by atoms with Gasteiger partial charge in [-0.3, -0.25) is 0 Å². The molecular formula is C6H3FNS. The zero-order chi connectivity index (χ0) is 6.27. The molecule has 0 amide bonds. The third-order valence-electron chi connectivity index (χ3n) is 1.14. The van der Waals surface area contributed by atoms with Gasteiger partial charge in [-0.2, -0.15) is 4.39 Å². The van der Waals surface area contributed by atoms with Gasteiger partial charge in [-0.05, 0) is 12.1 Å². The van der Waals surface area contributed by atoms with Crippen molar-refractivity contribution in [3.05, 3.63) is 23.5 Å². The Hall–Kier alpha value is -0.830. The molecule has 0 atom stereocenters. The summed E-state index contributed by atoms with van der Waals surface area (Å²) in [6.07, 6.45) is 2.76. The van der Waals surface area contributed by atoms with Gasteiger partial charge in [0, 0.05) is 5.39 Å². The molecule has 0 aliphatic carbocycles. The number of thiophene rings is 1. The molecule has 2 aromatic rings. The Balaban J connectivity index is 2.92. The zero-order valence-electron chi connectivity index (χ0n) is 4.44. The number of aromatic amines is 1. The van der Waals surface area contributed by atoms with Gasteiger partial charge < -0.3 is 4.98 Å². The molecule has 0 saturated carbocycles. The second-order valence-corrected chi connectivity index (χ2v) is 2.75. The lowest BCUT2D eigenvalue weighted by molar-refractivity contribution is 0.658. The van der Waals surface area contributed by atoms with Crippen LogP contribution in [0, 0.1) is 11.3 Å². The molecule has 0 unspecified atom stereocenters. The zero-order valence-corrected chi connectivity index (χ0v) is 5.26. The van der Waals surface area contributed by atoms with Gasteiger partial charge in [-0.15, -0.1) is 0 Å². The largest absolute Gasteiger partial charge is 0.345 e. The summed E-state index contributed by atoms with van der Waals surface area (Å²) in [5, 5.41) is 0.753. The summed E-state index contributed by atoms with van der Waals surface area (Å²) in [6.45, 7) is 0. The predicted octanol–water partition coefficient (Wildman–Crippen LogP) is 2.17. The first-order valence-electron chi connectivity index (χ1n) is 2.50. The van der Waals surface area contributed by atoms with Crippen LogP contribution in [0.2, 0.25) is 0 Å². The second kappa shape index (κ2) is 1.57. The Morgan fingerprint density at radius 3 is 3.33 bits per heavy atom. The monoisotopic (exact) mass is 140 g/mol. The van der Waals surface area contributed by atoms with Crippen LogP contribution in [0.1, 0.15) is 0 Å². The maximum absolute atomic E-state index is 12.3. The van der Waals surface area contributed by atoms with Crippen molar-refractivity contribution in [2.45, 2.75) is 0 Å². The SMILES string of the molecule is Fc1cc2c[c][nH]c2s1.